The number of nitrogens with one attached hydrogen (secondary N) is 1. The lowest BCUT2D eigenvalue weighted by Gasteiger charge is -2.33. The van der Waals surface area contributed by atoms with E-state index in [2.05, 4.69) is 15.2 Å². The van der Waals surface area contributed by atoms with Gasteiger partial charge in [-0.05, 0) is 19.1 Å². The summed E-state index contributed by atoms with van der Waals surface area (Å²) in [7, 11) is 1.58. The zero-order valence-corrected chi connectivity index (χ0v) is 16.8. The number of ether oxygens (including phenoxy) is 2. The normalized spacial score (nSPS) is 14.1. The van der Waals surface area contributed by atoms with Crippen LogP contribution in [0.1, 0.15) is 22.3 Å². The van der Waals surface area contributed by atoms with Crippen LogP contribution in [-0.2, 0) is 16.1 Å². The summed E-state index contributed by atoms with van der Waals surface area (Å²) in [6, 6.07) is 9.31. The fraction of sp³-hybridized carbons (Fsp3) is 0.421. The predicted molar refractivity (Wildman–Crippen MR) is 108 cm³/mol. The Morgan fingerprint density at radius 3 is 2.54 bits per heavy atom. The summed E-state index contributed by atoms with van der Waals surface area (Å²) in [4.78, 5) is 33.5. The van der Waals surface area contributed by atoms with Gasteiger partial charge in [-0.3, -0.25) is 4.79 Å². The maximum absolute atomic E-state index is 12.7. The Morgan fingerprint density at radius 2 is 1.89 bits per heavy atom. The Labute approximate surface area is 168 Å². The Kier molecular flexibility index (Phi) is 6.83. The highest BCUT2D eigenvalue weighted by Crippen LogP contribution is 2.28. The number of para-hydroxylation sites is 1. The molecule has 28 heavy (non-hydrogen) atoms. The molecule has 1 aliphatic heterocycles. The number of carbonyl (C=O) groups excluding carboxylic acids is 2. The smallest absolute Gasteiger partial charge is 0.409 e. The van der Waals surface area contributed by atoms with Gasteiger partial charge in [0.15, 0.2) is 5.13 Å². The van der Waals surface area contributed by atoms with Crippen molar-refractivity contribution in [1.29, 1.82) is 0 Å². The summed E-state index contributed by atoms with van der Waals surface area (Å²) >= 11 is 1.34. The summed E-state index contributed by atoms with van der Waals surface area (Å²) in [5.74, 6) is -0.202. The van der Waals surface area contributed by atoms with Gasteiger partial charge in [-0.2, -0.15) is 0 Å². The average molecular weight is 404 g/mol. The van der Waals surface area contributed by atoms with Gasteiger partial charge in [0.05, 0.1) is 18.9 Å². The van der Waals surface area contributed by atoms with Gasteiger partial charge in [-0.15, -0.1) is 0 Å². The molecule has 8 nitrogen and oxygen atoms in total. The molecule has 1 aromatic carbocycles. The van der Waals surface area contributed by atoms with Crippen molar-refractivity contribution in [3.05, 3.63) is 40.9 Å². The third kappa shape index (κ3) is 4.79. The number of rotatable bonds is 6. The van der Waals surface area contributed by atoms with Crippen LogP contribution < -0.4 is 10.2 Å². The van der Waals surface area contributed by atoms with E-state index in [-0.39, 0.29) is 18.6 Å². The third-order valence-corrected chi connectivity index (χ3v) is 5.44. The molecular weight excluding hydrogens is 380 g/mol. The van der Waals surface area contributed by atoms with Crippen LogP contribution in [0.25, 0.3) is 0 Å². The second-order valence-corrected chi connectivity index (χ2v) is 7.18. The molecule has 0 bridgehead atoms. The van der Waals surface area contributed by atoms with E-state index < -0.39 is 0 Å². The highest BCUT2D eigenvalue weighted by atomic mass is 32.1. The fourth-order valence-corrected chi connectivity index (χ4v) is 3.91. The molecular formula is C19H24N4O4S. The standard InChI is InChI=1S/C19H24N4O4S/c1-3-27-19(25)23-11-9-22(10-12-23)18-21-15(13-26-2)16(28-18)17(24)20-14-7-5-4-6-8-14/h4-8H,3,9-13H2,1-2H3,(H,20,24). The first-order chi connectivity index (χ1) is 13.6. The zero-order valence-electron chi connectivity index (χ0n) is 16.0. The van der Waals surface area contributed by atoms with Crippen molar-refractivity contribution in [2.75, 3.05) is 50.1 Å². The summed E-state index contributed by atoms with van der Waals surface area (Å²) in [5.41, 5.74) is 1.35. The van der Waals surface area contributed by atoms with Gasteiger partial charge < -0.3 is 24.6 Å². The van der Waals surface area contributed by atoms with Gasteiger partial charge in [-0.25, -0.2) is 9.78 Å². The van der Waals surface area contributed by atoms with Crippen LogP contribution in [0.4, 0.5) is 15.6 Å². The molecule has 0 atom stereocenters. The second-order valence-electron chi connectivity index (χ2n) is 6.20. The van der Waals surface area contributed by atoms with Crippen LogP contribution in [0, 0.1) is 0 Å². The average Bonchev–Trinajstić information content (AvgIpc) is 3.13. The van der Waals surface area contributed by atoms with E-state index in [1.165, 1.54) is 11.3 Å². The number of hydrogen-bond acceptors (Lipinski definition) is 7. The minimum absolute atomic E-state index is 0.202. The van der Waals surface area contributed by atoms with E-state index in [0.29, 0.717) is 43.4 Å². The molecule has 1 aromatic heterocycles. The van der Waals surface area contributed by atoms with Crippen molar-refractivity contribution in [1.82, 2.24) is 9.88 Å². The van der Waals surface area contributed by atoms with Crippen molar-refractivity contribution >= 4 is 34.2 Å². The third-order valence-electron chi connectivity index (χ3n) is 4.28. The Morgan fingerprint density at radius 1 is 1.18 bits per heavy atom. The van der Waals surface area contributed by atoms with Crippen molar-refractivity contribution in [2.24, 2.45) is 0 Å². The van der Waals surface area contributed by atoms with Crippen LogP contribution in [0.2, 0.25) is 0 Å². The number of aromatic nitrogens is 1. The predicted octanol–water partition coefficient (Wildman–Crippen LogP) is 2.82. The first-order valence-electron chi connectivity index (χ1n) is 9.14. The maximum Gasteiger partial charge on any atom is 0.409 e. The van der Waals surface area contributed by atoms with Gasteiger partial charge in [0, 0.05) is 39.0 Å². The molecule has 0 unspecified atom stereocenters. The molecule has 0 aliphatic carbocycles. The lowest BCUT2D eigenvalue weighted by molar-refractivity contribution is 0.102. The molecule has 0 radical (unpaired) electrons. The van der Waals surface area contributed by atoms with Gasteiger partial charge in [0.2, 0.25) is 0 Å². The van der Waals surface area contributed by atoms with Crippen LogP contribution in [0.5, 0.6) is 0 Å². The van der Waals surface area contributed by atoms with E-state index in [1.54, 1.807) is 18.9 Å². The van der Waals surface area contributed by atoms with E-state index in [9.17, 15) is 9.59 Å². The molecule has 0 saturated carbocycles. The molecule has 1 saturated heterocycles. The first kappa shape index (κ1) is 20.1. The Bertz CT molecular complexity index is 804. The van der Waals surface area contributed by atoms with E-state index in [4.69, 9.17) is 9.47 Å². The van der Waals surface area contributed by atoms with Gasteiger partial charge in [0.1, 0.15) is 4.88 Å². The van der Waals surface area contributed by atoms with Gasteiger partial charge >= 0.3 is 6.09 Å². The Hall–Kier alpha value is -2.65. The molecule has 1 N–H and O–H groups in total. The topological polar surface area (TPSA) is 84.0 Å². The highest BCUT2D eigenvalue weighted by molar-refractivity contribution is 7.17. The molecule has 2 amide bonds. The largest absolute Gasteiger partial charge is 0.450 e. The SMILES string of the molecule is CCOC(=O)N1CCN(c2nc(COC)c(C(=O)Nc3ccccc3)s2)CC1. The number of nitrogens with zero attached hydrogens (tertiary/aromatic N) is 3. The van der Waals surface area contributed by atoms with Crippen LogP contribution in [0.15, 0.2) is 30.3 Å². The highest BCUT2D eigenvalue weighted by Gasteiger charge is 2.26. The van der Waals surface area contributed by atoms with Crippen LogP contribution in [0.3, 0.4) is 0 Å². The number of benzene rings is 1. The molecule has 0 spiro atoms. The summed E-state index contributed by atoms with van der Waals surface area (Å²) < 4.78 is 10.3. The van der Waals surface area contributed by atoms with Gasteiger partial charge in [-0.1, -0.05) is 29.5 Å². The van der Waals surface area contributed by atoms with Crippen molar-refractivity contribution in [3.63, 3.8) is 0 Å². The quantitative estimate of drug-likeness (QED) is 0.797. The minimum Gasteiger partial charge on any atom is -0.450 e. The van der Waals surface area contributed by atoms with Crippen molar-refractivity contribution < 1.29 is 19.1 Å². The summed E-state index contributed by atoms with van der Waals surface area (Å²) in [5, 5.41) is 3.66. The van der Waals surface area contributed by atoms with Crippen molar-refractivity contribution in [3.8, 4) is 0 Å². The summed E-state index contributed by atoms with van der Waals surface area (Å²) in [6.45, 7) is 4.82. The Balaban J connectivity index is 1.70. The zero-order chi connectivity index (χ0) is 19.9. The molecule has 150 valence electrons. The molecule has 3 rings (SSSR count). The first-order valence-corrected chi connectivity index (χ1v) is 9.95. The van der Waals surface area contributed by atoms with Gasteiger partial charge in [0.25, 0.3) is 5.91 Å². The monoisotopic (exact) mass is 404 g/mol. The molecule has 2 aromatic rings. The van der Waals surface area contributed by atoms with Crippen molar-refractivity contribution in [2.45, 2.75) is 13.5 Å². The summed E-state index contributed by atoms with van der Waals surface area (Å²) in [6.07, 6.45) is -0.288. The van der Waals surface area contributed by atoms with Crippen LogP contribution in [-0.4, -0.2) is 61.8 Å². The fourth-order valence-electron chi connectivity index (χ4n) is 2.89. The van der Waals surface area contributed by atoms with E-state index >= 15 is 0 Å². The van der Waals surface area contributed by atoms with Crippen LogP contribution >= 0.6 is 11.3 Å². The maximum atomic E-state index is 12.7. The number of thiazole rings is 1. The molecule has 2 heterocycles. The number of piperazine rings is 1. The molecule has 9 heteroatoms. The number of methoxy groups -OCH3 is 1. The lowest BCUT2D eigenvalue weighted by Crippen LogP contribution is -2.49. The number of carbonyl (C=O) groups is 2. The molecule has 1 aliphatic rings. The van der Waals surface area contributed by atoms with E-state index in [0.717, 1.165) is 10.8 Å². The minimum atomic E-state index is -0.288. The lowest BCUT2D eigenvalue weighted by atomic mass is 10.3. The number of anilines is 2. The second kappa shape index (κ2) is 9.52. The molecule has 1 fully saturated rings. The van der Waals surface area contributed by atoms with E-state index in [1.807, 2.05) is 30.3 Å². The number of hydrogen-bond donors (Lipinski definition) is 1. The number of amides is 2.